The fourth-order valence-corrected chi connectivity index (χ4v) is 3.73. The molecule has 0 radical (unpaired) electrons. The molecule has 0 bridgehead atoms. The van der Waals surface area contributed by atoms with E-state index in [0.29, 0.717) is 24.3 Å². The number of carboxylic acids is 1. The normalized spacial score (nSPS) is 11.7. The molecule has 3 rings (SSSR count). The molecule has 0 saturated carbocycles. The first-order valence-corrected chi connectivity index (χ1v) is 12.4. The topological polar surface area (TPSA) is 147 Å². The number of aromatic nitrogens is 1. The summed E-state index contributed by atoms with van der Waals surface area (Å²) in [5.74, 6) is -4.70. The van der Waals surface area contributed by atoms with E-state index < -0.39 is 54.7 Å². The molecule has 1 aromatic heterocycles. The lowest BCUT2D eigenvalue weighted by molar-refractivity contribution is -0.189. The molecule has 41 heavy (non-hydrogen) atoms. The van der Waals surface area contributed by atoms with Crippen LogP contribution < -0.4 is 20.7 Å². The molecule has 13 heteroatoms. The quantitative estimate of drug-likeness (QED) is 0.137. The summed E-state index contributed by atoms with van der Waals surface area (Å²) in [6.45, 7) is 0.0121. The maximum atomic E-state index is 12.9. The van der Waals surface area contributed by atoms with E-state index in [1.54, 1.807) is 48.7 Å². The Morgan fingerprint density at radius 2 is 1.68 bits per heavy atom. The molecule has 0 aliphatic carbocycles. The highest BCUT2D eigenvalue weighted by Gasteiger charge is 2.41. The van der Waals surface area contributed by atoms with Crippen LogP contribution in [0.15, 0.2) is 72.9 Å². The number of anilines is 1. The first kappa shape index (κ1) is 30.6. The minimum absolute atomic E-state index is 0.0809. The van der Waals surface area contributed by atoms with Crippen LogP contribution >= 0.6 is 0 Å². The third kappa shape index (κ3) is 9.95. The predicted molar refractivity (Wildman–Crippen MR) is 142 cm³/mol. The van der Waals surface area contributed by atoms with E-state index in [2.05, 4.69) is 25.7 Å². The number of esters is 1. The number of carbonyl (C=O) groups excluding carboxylic acids is 3. The first-order valence-electron chi connectivity index (χ1n) is 12.4. The van der Waals surface area contributed by atoms with Gasteiger partial charge in [-0.2, -0.15) is 13.2 Å². The second kappa shape index (κ2) is 14.4. The van der Waals surface area contributed by atoms with E-state index in [1.807, 2.05) is 6.07 Å². The minimum atomic E-state index is -5.27. The summed E-state index contributed by atoms with van der Waals surface area (Å²) in [5, 5.41) is 17.3. The van der Waals surface area contributed by atoms with Crippen LogP contribution in [-0.2, 0) is 19.2 Å². The molecule has 0 fully saturated rings. The standard InChI is InChI=1S/C28H27F3N4O6/c29-28(30,31)27(40)41-22-15-19(11-12-20(22)18-7-2-1-3-8-18)21(16-26(38)39)35-25(37)17-34-24(36)10-6-14-33-23-9-4-5-13-32-23/h1-5,7-9,11-13,15,21H,6,10,14,16-17H2,(H,32,33)(H,34,36)(H,35,37)(H,38,39). The molecule has 0 saturated heterocycles. The van der Waals surface area contributed by atoms with Gasteiger partial charge in [0.2, 0.25) is 11.8 Å². The number of hydrogen-bond donors (Lipinski definition) is 4. The zero-order valence-electron chi connectivity index (χ0n) is 21.6. The zero-order chi connectivity index (χ0) is 29.8. The number of rotatable bonds is 13. The van der Waals surface area contributed by atoms with Crippen LogP contribution in [0.4, 0.5) is 19.0 Å². The van der Waals surface area contributed by atoms with Gasteiger partial charge in [0.05, 0.1) is 19.0 Å². The summed E-state index contributed by atoms with van der Waals surface area (Å²) in [6, 6.07) is 16.2. The predicted octanol–water partition coefficient (Wildman–Crippen LogP) is 3.86. The molecular weight excluding hydrogens is 545 g/mol. The van der Waals surface area contributed by atoms with Crippen molar-refractivity contribution in [1.82, 2.24) is 15.6 Å². The van der Waals surface area contributed by atoms with Crippen molar-refractivity contribution in [2.75, 3.05) is 18.4 Å². The van der Waals surface area contributed by atoms with Crippen LogP contribution in [0.5, 0.6) is 5.75 Å². The van der Waals surface area contributed by atoms with Gasteiger partial charge in [-0.15, -0.1) is 0 Å². The van der Waals surface area contributed by atoms with Gasteiger partial charge in [0.25, 0.3) is 0 Å². The number of halogens is 3. The first-order chi connectivity index (χ1) is 19.5. The van der Waals surface area contributed by atoms with E-state index in [4.69, 9.17) is 0 Å². The number of benzene rings is 2. The Bertz CT molecular complexity index is 1350. The number of pyridine rings is 1. The van der Waals surface area contributed by atoms with Crippen molar-refractivity contribution in [3.05, 3.63) is 78.5 Å². The van der Waals surface area contributed by atoms with Gasteiger partial charge in [-0.25, -0.2) is 9.78 Å². The summed E-state index contributed by atoms with van der Waals surface area (Å²) >= 11 is 0. The number of carbonyl (C=O) groups is 4. The number of amides is 2. The molecule has 1 atom stereocenters. The summed E-state index contributed by atoms with van der Waals surface area (Å²) in [5.41, 5.74) is 0.676. The molecule has 216 valence electrons. The molecule has 10 nitrogen and oxygen atoms in total. The number of carboxylic acid groups (broad SMARTS) is 1. The second-order valence-electron chi connectivity index (χ2n) is 8.75. The van der Waals surface area contributed by atoms with Gasteiger partial charge in [-0.1, -0.05) is 48.5 Å². The number of nitrogens with zero attached hydrogens (tertiary/aromatic N) is 1. The summed E-state index contributed by atoms with van der Waals surface area (Å²) < 4.78 is 43.5. The lowest BCUT2D eigenvalue weighted by Gasteiger charge is -2.20. The van der Waals surface area contributed by atoms with Crippen LogP contribution in [0.25, 0.3) is 11.1 Å². The lowest BCUT2D eigenvalue weighted by Crippen LogP contribution is -2.39. The van der Waals surface area contributed by atoms with E-state index >= 15 is 0 Å². The van der Waals surface area contributed by atoms with E-state index in [-0.39, 0.29) is 17.5 Å². The highest BCUT2D eigenvalue weighted by atomic mass is 19.4. The smallest absolute Gasteiger partial charge is 0.481 e. The molecule has 1 heterocycles. The number of nitrogens with one attached hydrogen (secondary N) is 3. The Morgan fingerprint density at radius 3 is 2.34 bits per heavy atom. The van der Waals surface area contributed by atoms with E-state index in [1.165, 1.54) is 12.1 Å². The van der Waals surface area contributed by atoms with E-state index in [0.717, 1.165) is 6.07 Å². The van der Waals surface area contributed by atoms with Gasteiger partial charge in [0.15, 0.2) is 0 Å². The highest BCUT2D eigenvalue weighted by molar-refractivity contribution is 5.85. The third-order valence-corrected chi connectivity index (χ3v) is 5.64. The number of alkyl halides is 3. The van der Waals surface area contributed by atoms with Gasteiger partial charge in [-0.3, -0.25) is 14.4 Å². The summed E-state index contributed by atoms with van der Waals surface area (Å²) in [7, 11) is 0. The Kier molecular flexibility index (Phi) is 10.8. The van der Waals surface area contributed by atoms with Gasteiger partial charge in [0.1, 0.15) is 11.6 Å². The molecule has 0 aliphatic heterocycles. The molecule has 2 aromatic carbocycles. The van der Waals surface area contributed by atoms with Gasteiger partial charge < -0.3 is 25.8 Å². The average molecular weight is 573 g/mol. The number of ether oxygens (including phenoxy) is 1. The largest absolute Gasteiger partial charge is 0.491 e. The molecule has 1 unspecified atom stereocenters. The highest BCUT2D eigenvalue weighted by Crippen LogP contribution is 2.34. The van der Waals surface area contributed by atoms with Crippen molar-refractivity contribution in [2.24, 2.45) is 0 Å². The SMILES string of the molecule is O=C(O)CC(NC(=O)CNC(=O)CCCNc1ccccn1)c1ccc(-c2ccccc2)c(OC(=O)C(F)(F)F)c1. The molecule has 0 aliphatic rings. The number of hydrogen-bond acceptors (Lipinski definition) is 7. The van der Waals surface area contributed by atoms with Crippen molar-refractivity contribution in [3.8, 4) is 16.9 Å². The maximum absolute atomic E-state index is 12.9. The Labute approximate surface area is 232 Å². The van der Waals surface area contributed by atoms with Crippen LogP contribution in [0.2, 0.25) is 0 Å². The molecule has 3 aromatic rings. The Balaban J connectivity index is 1.66. The van der Waals surface area contributed by atoms with E-state index in [9.17, 15) is 37.5 Å². The minimum Gasteiger partial charge on any atom is -0.481 e. The van der Waals surface area contributed by atoms with Crippen molar-refractivity contribution in [1.29, 1.82) is 0 Å². The Morgan fingerprint density at radius 1 is 0.951 bits per heavy atom. The summed E-state index contributed by atoms with van der Waals surface area (Å²) in [6.07, 6.45) is -3.71. The Hall–Kier alpha value is -4.94. The van der Waals surface area contributed by atoms with Crippen molar-refractivity contribution in [3.63, 3.8) is 0 Å². The molecule has 4 N–H and O–H groups in total. The average Bonchev–Trinajstić information content (AvgIpc) is 2.94. The van der Waals surface area contributed by atoms with Gasteiger partial charge in [-0.05, 0) is 35.7 Å². The van der Waals surface area contributed by atoms with Crippen molar-refractivity contribution in [2.45, 2.75) is 31.5 Å². The zero-order valence-corrected chi connectivity index (χ0v) is 21.6. The van der Waals surface area contributed by atoms with Gasteiger partial charge >= 0.3 is 18.1 Å². The van der Waals surface area contributed by atoms with Crippen LogP contribution in [-0.4, -0.2) is 53.1 Å². The molecule has 2 amide bonds. The van der Waals surface area contributed by atoms with Crippen LogP contribution in [0.1, 0.15) is 30.9 Å². The third-order valence-electron chi connectivity index (χ3n) is 5.64. The second-order valence-corrected chi connectivity index (χ2v) is 8.75. The van der Waals surface area contributed by atoms with Crippen molar-refractivity contribution < 1.29 is 42.2 Å². The van der Waals surface area contributed by atoms with Gasteiger partial charge in [0, 0.05) is 24.7 Å². The molecular formula is C28H27F3N4O6. The summed E-state index contributed by atoms with van der Waals surface area (Å²) in [4.78, 5) is 51.9. The fraction of sp³-hybridized carbons (Fsp3) is 0.250. The van der Waals surface area contributed by atoms with Crippen LogP contribution in [0.3, 0.4) is 0 Å². The van der Waals surface area contributed by atoms with Crippen molar-refractivity contribution >= 4 is 29.6 Å². The fourth-order valence-electron chi connectivity index (χ4n) is 3.73. The monoisotopic (exact) mass is 572 g/mol. The number of aliphatic carboxylic acids is 1. The maximum Gasteiger partial charge on any atom is 0.491 e. The molecule has 0 spiro atoms. The lowest BCUT2D eigenvalue weighted by atomic mass is 9.98. The van der Waals surface area contributed by atoms with Crippen LogP contribution in [0, 0.1) is 0 Å².